The van der Waals surface area contributed by atoms with Gasteiger partial charge in [0.2, 0.25) is 0 Å². The third kappa shape index (κ3) is 3.11. The Bertz CT molecular complexity index is 730. The molecule has 2 fully saturated rings. The number of aliphatic hydroxyl groups excluding tert-OH is 1. The van der Waals surface area contributed by atoms with E-state index in [1.165, 1.54) is 17.5 Å². The Balaban J connectivity index is 1.54. The minimum Gasteiger partial charge on any atom is -0.425 e. The molecule has 27 heavy (non-hydrogen) atoms. The van der Waals surface area contributed by atoms with Gasteiger partial charge in [0, 0.05) is 0 Å². The predicted molar refractivity (Wildman–Crippen MR) is 106 cm³/mol. The van der Waals surface area contributed by atoms with Gasteiger partial charge in [-0.15, -0.1) is 0 Å². The fourth-order valence-electron chi connectivity index (χ4n) is 6.05. The number of benzene rings is 1. The fraction of sp³-hybridized carbons (Fsp3) is 0.696. The van der Waals surface area contributed by atoms with Gasteiger partial charge in [0.25, 0.3) is 0 Å². The highest BCUT2D eigenvalue weighted by Gasteiger charge is 2.54. The van der Waals surface area contributed by atoms with Gasteiger partial charge in [-0.3, -0.25) is 0 Å². The van der Waals surface area contributed by atoms with Crippen LogP contribution < -0.4 is 10.5 Å². The number of aryl methyl sites for hydroxylation is 1. The molecule has 3 N–H and O–H groups in total. The van der Waals surface area contributed by atoms with Crippen molar-refractivity contribution in [2.24, 2.45) is 28.9 Å². The summed E-state index contributed by atoms with van der Waals surface area (Å²) in [4.78, 5) is 12.2. The molecule has 6 atom stereocenters. The quantitative estimate of drug-likeness (QED) is 0.626. The number of esters is 1. The predicted octanol–water partition coefficient (Wildman–Crippen LogP) is 3.79. The third-order valence-electron chi connectivity index (χ3n) is 7.86. The molecule has 2 unspecified atom stereocenters. The molecule has 148 valence electrons. The van der Waals surface area contributed by atoms with E-state index in [1.54, 1.807) is 0 Å². The van der Waals surface area contributed by atoms with Crippen molar-refractivity contribution in [2.75, 3.05) is 0 Å². The number of hydrogen-bond donors (Lipinski definition) is 2. The normalized spacial score (nSPS) is 35.9. The second kappa shape index (κ2) is 6.89. The second-order valence-electron chi connectivity index (χ2n) is 9.60. The van der Waals surface area contributed by atoms with Crippen LogP contribution in [0, 0.1) is 23.2 Å². The molecule has 0 radical (unpaired) electrons. The Morgan fingerprint density at radius 1 is 1.26 bits per heavy atom. The van der Waals surface area contributed by atoms with Crippen LogP contribution in [0.15, 0.2) is 18.2 Å². The summed E-state index contributed by atoms with van der Waals surface area (Å²) >= 11 is 0. The number of aliphatic hydroxyl groups is 1. The number of carbonyl (C=O) groups excluding carboxylic acids is 1. The van der Waals surface area contributed by atoms with E-state index in [4.69, 9.17) is 10.5 Å². The van der Waals surface area contributed by atoms with Crippen LogP contribution in [0.4, 0.5) is 0 Å². The summed E-state index contributed by atoms with van der Waals surface area (Å²) in [5, 5.41) is 10.5. The van der Waals surface area contributed by atoms with Crippen LogP contribution in [0.25, 0.3) is 0 Å². The molecule has 0 amide bonds. The van der Waals surface area contributed by atoms with E-state index in [0.29, 0.717) is 23.5 Å². The highest BCUT2D eigenvalue weighted by atomic mass is 16.5. The second-order valence-corrected chi connectivity index (χ2v) is 9.60. The van der Waals surface area contributed by atoms with E-state index in [-0.39, 0.29) is 23.4 Å². The lowest BCUT2D eigenvalue weighted by atomic mass is 9.55. The van der Waals surface area contributed by atoms with Crippen LogP contribution >= 0.6 is 0 Å². The minimum absolute atomic E-state index is 0.0641. The SMILES string of the molecule is CC(C)C(N)C(=O)Oc1ccc2c(c1)CC[C@@H]1[C@H]2CC[C@]2(C)C(O)CC[C@@H]12. The molecule has 3 aliphatic carbocycles. The van der Waals surface area contributed by atoms with E-state index >= 15 is 0 Å². The summed E-state index contributed by atoms with van der Waals surface area (Å²) < 4.78 is 5.54. The molecule has 0 saturated heterocycles. The Labute approximate surface area is 162 Å². The molecule has 0 heterocycles. The van der Waals surface area contributed by atoms with Gasteiger partial charge >= 0.3 is 5.97 Å². The van der Waals surface area contributed by atoms with E-state index in [2.05, 4.69) is 13.0 Å². The van der Waals surface area contributed by atoms with Gasteiger partial charge < -0.3 is 15.6 Å². The number of rotatable bonds is 3. The molecule has 3 aliphatic rings. The van der Waals surface area contributed by atoms with Crippen molar-refractivity contribution in [1.82, 2.24) is 0 Å². The van der Waals surface area contributed by atoms with Gasteiger partial charge in [-0.1, -0.05) is 26.8 Å². The number of carbonyl (C=O) groups is 1. The summed E-state index contributed by atoms with van der Waals surface area (Å²) in [5.41, 5.74) is 8.78. The Hall–Kier alpha value is -1.39. The van der Waals surface area contributed by atoms with Crippen LogP contribution in [0.5, 0.6) is 5.75 Å². The fourth-order valence-corrected chi connectivity index (χ4v) is 6.05. The summed E-state index contributed by atoms with van der Waals surface area (Å²) in [7, 11) is 0. The van der Waals surface area contributed by atoms with Gasteiger partial charge in [-0.25, -0.2) is 4.79 Å². The average Bonchev–Trinajstić information content (AvgIpc) is 2.95. The summed E-state index contributed by atoms with van der Waals surface area (Å²) in [6.07, 6.45) is 6.46. The van der Waals surface area contributed by atoms with Crippen molar-refractivity contribution in [2.45, 2.75) is 77.4 Å². The zero-order chi connectivity index (χ0) is 19.3. The first kappa shape index (κ1) is 18.9. The number of ether oxygens (including phenoxy) is 1. The van der Waals surface area contributed by atoms with Gasteiger partial charge in [0.15, 0.2) is 0 Å². The van der Waals surface area contributed by atoms with Gasteiger partial charge in [-0.05, 0) is 90.9 Å². The Morgan fingerprint density at radius 2 is 2.04 bits per heavy atom. The summed E-state index contributed by atoms with van der Waals surface area (Å²) in [6.45, 7) is 6.16. The van der Waals surface area contributed by atoms with Crippen LogP contribution in [0.2, 0.25) is 0 Å². The van der Waals surface area contributed by atoms with E-state index in [1.807, 2.05) is 26.0 Å². The molecule has 0 bridgehead atoms. The van der Waals surface area contributed by atoms with Crippen molar-refractivity contribution in [1.29, 1.82) is 0 Å². The maximum Gasteiger partial charge on any atom is 0.328 e. The molecule has 4 nitrogen and oxygen atoms in total. The van der Waals surface area contributed by atoms with Gasteiger partial charge in [0.1, 0.15) is 11.8 Å². The molecular weight excluding hydrogens is 338 g/mol. The maximum atomic E-state index is 12.2. The number of fused-ring (bicyclic) bond motifs is 5. The summed E-state index contributed by atoms with van der Waals surface area (Å²) in [5.74, 6) is 2.23. The van der Waals surface area contributed by atoms with Crippen molar-refractivity contribution in [3.05, 3.63) is 29.3 Å². The summed E-state index contributed by atoms with van der Waals surface area (Å²) in [6, 6.07) is 5.57. The van der Waals surface area contributed by atoms with Crippen LogP contribution in [0.3, 0.4) is 0 Å². The van der Waals surface area contributed by atoms with Gasteiger partial charge in [0.05, 0.1) is 6.10 Å². The number of nitrogens with two attached hydrogens (primary N) is 1. The van der Waals surface area contributed by atoms with Gasteiger partial charge in [-0.2, -0.15) is 0 Å². The first-order chi connectivity index (χ1) is 12.8. The van der Waals surface area contributed by atoms with Crippen molar-refractivity contribution >= 4 is 5.97 Å². The lowest BCUT2D eigenvalue weighted by Crippen LogP contribution is -2.43. The number of hydrogen-bond acceptors (Lipinski definition) is 4. The monoisotopic (exact) mass is 371 g/mol. The van der Waals surface area contributed by atoms with E-state index in [9.17, 15) is 9.90 Å². The standard InChI is InChI=1S/C23H33NO3/c1-13(2)21(24)22(26)27-15-5-7-16-14(12-15)4-6-18-17(16)10-11-23(3)19(18)8-9-20(23)25/h5,7,12-13,17-21,25H,4,6,8-11,24H2,1-3H3/t17-,18+,19-,20?,21?,23-/m0/s1. The zero-order valence-corrected chi connectivity index (χ0v) is 16.8. The largest absolute Gasteiger partial charge is 0.425 e. The van der Waals surface area contributed by atoms with E-state index in [0.717, 1.165) is 32.1 Å². The third-order valence-corrected chi connectivity index (χ3v) is 7.86. The first-order valence-corrected chi connectivity index (χ1v) is 10.6. The Kier molecular flexibility index (Phi) is 4.84. The molecule has 0 aliphatic heterocycles. The minimum atomic E-state index is -0.588. The molecule has 4 heteroatoms. The first-order valence-electron chi connectivity index (χ1n) is 10.6. The van der Waals surface area contributed by atoms with Crippen LogP contribution in [-0.4, -0.2) is 23.2 Å². The smallest absolute Gasteiger partial charge is 0.328 e. The maximum absolute atomic E-state index is 12.2. The van der Waals surface area contributed by atoms with Crippen LogP contribution in [-0.2, 0) is 11.2 Å². The molecule has 4 rings (SSSR count). The van der Waals surface area contributed by atoms with Crippen molar-refractivity contribution < 1.29 is 14.6 Å². The topological polar surface area (TPSA) is 72.6 Å². The molecule has 2 saturated carbocycles. The highest BCUT2D eigenvalue weighted by Crippen LogP contribution is 2.60. The molecule has 1 aromatic rings. The zero-order valence-electron chi connectivity index (χ0n) is 16.8. The average molecular weight is 372 g/mol. The molecule has 1 aromatic carbocycles. The van der Waals surface area contributed by atoms with Crippen molar-refractivity contribution in [3.8, 4) is 5.75 Å². The Morgan fingerprint density at radius 3 is 2.78 bits per heavy atom. The highest BCUT2D eigenvalue weighted by molar-refractivity contribution is 5.78. The van der Waals surface area contributed by atoms with Crippen molar-refractivity contribution in [3.63, 3.8) is 0 Å². The molecule has 0 spiro atoms. The van der Waals surface area contributed by atoms with E-state index < -0.39 is 6.04 Å². The lowest BCUT2D eigenvalue weighted by Gasteiger charge is -2.50. The lowest BCUT2D eigenvalue weighted by molar-refractivity contribution is -0.136. The van der Waals surface area contributed by atoms with Crippen LogP contribution in [0.1, 0.15) is 69.9 Å². The molecule has 0 aromatic heterocycles. The molecular formula is C23H33NO3.